The molecule has 2 aromatic heterocycles. The average molecular weight is 283 g/mol. The highest BCUT2D eigenvalue weighted by molar-refractivity contribution is 5.99. The zero-order chi connectivity index (χ0) is 14.9. The number of carbonyl (C=O) groups is 1. The molecule has 2 heterocycles. The van der Waals surface area contributed by atoms with E-state index in [1.54, 1.807) is 10.8 Å². The van der Waals surface area contributed by atoms with Crippen molar-refractivity contribution in [1.29, 1.82) is 0 Å². The first kappa shape index (κ1) is 12.7. The number of nitrogens with zero attached hydrogens (tertiary/aromatic N) is 3. The molecule has 2 aromatic rings. The Labute approximate surface area is 122 Å². The van der Waals surface area contributed by atoms with E-state index in [1.165, 1.54) is 6.92 Å². The van der Waals surface area contributed by atoms with Gasteiger partial charge in [-0.2, -0.15) is 0 Å². The second-order valence-electron chi connectivity index (χ2n) is 6.55. The first-order valence-corrected chi connectivity index (χ1v) is 7.33. The molecule has 3 aliphatic carbocycles. The highest BCUT2D eigenvalue weighted by Gasteiger charge is 2.59. The van der Waals surface area contributed by atoms with Crippen LogP contribution in [0, 0.1) is 19.8 Å². The van der Waals surface area contributed by atoms with Gasteiger partial charge >= 0.3 is 0 Å². The minimum Gasteiger partial charge on any atom is -0.294 e. The Morgan fingerprint density at radius 1 is 1.33 bits per heavy atom. The Morgan fingerprint density at radius 2 is 2.00 bits per heavy atom. The fraction of sp³-hybridized carbons (Fsp3) is 0.500. The maximum Gasteiger partial charge on any atom is 0.263 e. The fourth-order valence-corrected chi connectivity index (χ4v) is 3.96. The van der Waals surface area contributed by atoms with Crippen LogP contribution < -0.4 is 5.56 Å². The predicted octanol–water partition coefficient (Wildman–Crippen LogP) is 2.12. The van der Waals surface area contributed by atoms with Gasteiger partial charge in [0.05, 0.1) is 11.1 Å². The lowest BCUT2D eigenvalue weighted by Crippen LogP contribution is -2.62. The molecule has 3 saturated carbocycles. The summed E-state index contributed by atoms with van der Waals surface area (Å²) in [5.74, 6) is 1.22. The van der Waals surface area contributed by atoms with Crippen LogP contribution in [0.15, 0.2) is 11.0 Å². The quantitative estimate of drug-likeness (QED) is 0.792. The van der Waals surface area contributed by atoms with Crippen LogP contribution in [0.25, 0.3) is 11.0 Å². The SMILES string of the molecule is CC(=O)c1c(C)c2cnc(C)nc2n(C23CC(C2)C3)c1=O. The summed E-state index contributed by atoms with van der Waals surface area (Å²) in [7, 11) is 0. The highest BCUT2D eigenvalue weighted by Crippen LogP contribution is 2.62. The van der Waals surface area contributed by atoms with Crippen LogP contribution in [0.5, 0.6) is 0 Å². The van der Waals surface area contributed by atoms with Crippen LogP contribution in [0.1, 0.15) is 47.9 Å². The van der Waals surface area contributed by atoms with E-state index in [2.05, 4.69) is 9.97 Å². The molecule has 5 rings (SSSR count). The Hall–Kier alpha value is -2.04. The van der Waals surface area contributed by atoms with Crippen molar-refractivity contribution in [3.05, 3.63) is 33.5 Å². The van der Waals surface area contributed by atoms with E-state index in [9.17, 15) is 9.59 Å². The van der Waals surface area contributed by atoms with E-state index in [0.717, 1.165) is 30.6 Å². The van der Waals surface area contributed by atoms with Crippen LogP contribution in [0.3, 0.4) is 0 Å². The van der Waals surface area contributed by atoms with Crippen molar-refractivity contribution < 1.29 is 4.79 Å². The maximum absolute atomic E-state index is 12.9. The van der Waals surface area contributed by atoms with Gasteiger partial charge in [-0.3, -0.25) is 14.2 Å². The summed E-state index contributed by atoms with van der Waals surface area (Å²) in [4.78, 5) is 33.6. The Kier molecular flexibility index (Phi) is 2.28. The number of carbonyl (C=O) groups excluding carboxylic acids is 1. The van der Waals surface area contributed by atoms with Crippen molar-refractivity contribution in [3.8, 4) is 0 Å². The highest BCUT2D eigenvalue weighted by atomic mass is 16.1. The van der Waals surface area contributed by atoms with E-state index >= 15 is 0 Å². The molecule has 0 saturated heterocycles. The molecular weight excluding hydrogens is 266 g/mol. The van der Waals surface area contributed by atoms with E-state index in [1.807, 2.05) is 13.8 Å². The second-order valence-corrected chi connectivity index (χ2v) is 6.55. The molecule has 0 radical (unpaired) electrons. The van der Waals surface area contributed by atoms with Crippen molar-refractivity contribution >= 4 is 16.8 Å². The third kappa shape index (κ3) is 1.46. The molecule has 108 valence electrons. The molecule has 21 heavy (non-hydrogen) atoms. The second kappa shape index (κ2) is 3.78. The van der Waals surface area contributed by atoms with Gasteiger partial charge in [0.2, 0.25) is 0 Å². The lowest BCUT2D eigenvalue weighted by molar-refractivity contribution is -0.0884. The van der Waals surface area contributed by atoms with Gasteiger partial charge in [0.25, 0.3) is 5.56 Å². The summed E-state index contributed by atoms with van der Waals surface area (Å²) in [6, 6.07) is 0. The Morgan fingerprint density at radius 3 is 2.52 bits per heavy atom. The molecule has 0 aromatic carbocycles. The molecule has 5 nitrogen and oxygen atoms in total. The minimum absolute atomic E-state index is 0.0985. The van der Waals surface area contributed by atoms with Crippen LogP contribution in [-0.4, -0.2) is 20.3 Å². The molecule has 0 aliphatic heterocycles. The lowest BCUT2D eigenvalue weighted by Gasteiger charge is -2.62. The molecule has 2 bridgehead atoms. The number of Topliss-reactive ketones (excluding diaryl/α,β-unsaturated/α-hetero) is 1. The topological polar surface area (TPSA) is 64.8 Å². The third-order valence-electron chi connectivity index (χ3n) is 5.13. The normalized spacial score (nSPS) is 26.3. The number of fused-ring (bicyclic) bond motifs is 1. The standard InChI is InChI=1S/C16H17N3O2/c1-8-12-7-17-10(3)18-14(12)19(15(21)13(8)9(2)20)16-4-11(5-16)6-16/h7,11H,4-6H2,1-3H3. The summed E-state index contributed by atoms with van der Waals surface area (Å²) in [6.45, 7) is 5.09. The first-order chi connectivity index (χ1) is 9.93. The van der Waals surface area contributed by atoms with Gasteiger partial charge in [0.1, 0.15) is 11.5 Å². The van der Waals surface area contributed by atoms with Gasteiger partial charge in [-0.1, -0.05) is 0 Å². The van der Waals surface area contributed by atoms with Gasteiger partial charge < -0.3 is 0 Å². The number of aryl methyl sites for hydroxylation is 2. The Bertz CT molecular complexity index is 849. The van der Waals surface area contributed by atoms with Gasteiger partial charge in [-0.05, 0) is 51.5 Å². The van der Waals surface area contributed by atoms with Crippen LogP contribution in [0.2, 0.25) is 0 Å². The lowest BCUT2D eigenvalue weighted by atomic mass is 9.49. The predicted molar refractivity (Wildman–Crippen MR) is 78.6 cm³/mol. The number of ketones is 1. The van der Waals surface area contributed by atoms with Gasteiger partial charge in [-0.25, -0.2) is 9.97 Å². The summed E-state index contributed by atoms with van der Waals surface area (Å²) >= 11 is 0. The molecular formula is C16H17N3O2. The van der Waals surface area contributed by atoms with Crippen molar-refractivity contribution in [2.24, 2.45) is 5.92 Å². The first-order valence-electron chi connectivity index (χ1n) is 7.33. The summed E-state index contributed by atoms with van der Waals surface area (Å²) < 4.78 is 1.79. The number of hydrogen-bond donors (Lipinski definition) is 0. The molecule has 0 spiro atoms. The largest absolute Gasteiger partial charge is 0.294 e. The van der Waals surface area contributed by atoms with E-state index in [-0.39, 0.29) is 16.9 Å². The number of pyridine rings is 1. The summed E-state index contributed by atoms with van der Waals surface area (Å²) in [5, 5.41) is 0.815. The smallest absolute Gasteiger partial charge is 0.263 e. The average Bonchev–Trinajstić information content (AvgIpc) is 2.29. The number of aromatic nitrogens is 3. The zero-order valence-electron chi connectivity index (χ0n) is 12.4. The van der Waals surface area contributed by atoms with Gasteiger partial charge in [0, 0.05) is 11.6 Å². The van der Waals surface area contributed by atoms with Crippen LogP contribution >= 0.6 is 0 Å². The van der Waals surface area contributed by atoms with Gasteiger partial charge in [0.15, 0.2) is 5.78 Å². The third-order valence-corrected chi connectivity index (χ3v) is 5.13. The molecule has 5 heteroatoms. The number of hydrogen-bond acceptors (Lipinski definition) is 4. The monoisotopic (exact) mass is 283 g/mol. The number of rotatable bonds is 2. The van der Waals surface area contributed by atoms with Crippen LogP contribution in [0.4, 0.5) is 0 Å². The van der Waals surface area contributed by atoms with E-state index in [4.69, 9.17) is 0 Å². The van der Waals surface area contributed by atoms with Crippen molar-refractivity contribution in [2.45, 2.75) is 45.6 Å². The van der Waals surface area contributed by atoms with E-state index < -0.39 is 0 Å². The molecule has 0 N–H and O–H groups in total. The molecule has 3 aliphatic rings. The molecule has 3 fully saturated rings. The van der Waals surface area contributed by atoms with Crippen molar-refractivity contribution in [2.75, 3.05) is 0 Å². The van der Waals surface area contributed by atoms with Gasteiger partial charge in [-0.15, -0.1) is 0 Å². The molecule has 0 unspecified atom stereocenters. The molecule has 0 amide bonds. The minimum atomic E-state index is -0.180. The maximum atomic E-state index is 12.9. The van der Waals surface area contributed by atoms with Crippen LogP contribution in [-0.2, 0) is 5.54 Å². The summed E-state index contributed by atoms with van der Waals surface area (Å²) in [5.41, 5.74) is 1.40. The van der Waals surface area contributed by atoms with Crippen molar-refractivity contribution in [3.63, 3.8) is 0 Å². The fourth-order valence-electron chi connectivity index (χ4n) is 3.96. The zero-order valence-corrected chi connectivity index (χ0v) is 12.4. The molecule has 0 atom stereocenters. The Balaban J connectivity index is 2.16. The van der Waals surface area contributed by atoms with E-state index in [0.29, 0.717) is 22.6 Å². The summed E-state index contributed by atoms with van der Waals surface area (Å²) in [6.07, 6.45) is 4.84. The van der Waals surface area contributed by atoms with Crippen molar-refractivity contribution in [1.82, 2.24) is 14.5 Å².